The van der Waals surface area contributed by atoms with Gasteiger partial charge in [-0.2, -0.15) is 0 Å². The molecule has 0 saturated carbocycles. The Labute approximate surface area is 143 Å². The van der Waals surface area contributed by atoms with Gasteiger partial charge in [0.25, 0.3) is 0 Å². The zero-order chi connectivity index (χ0) is 17.1. The largest absolute Gasteiger partial charge is 0.493 e. The van der Waals surface area contributed by atoms with Crippen LogP contribution in [0.25, 0.3) is 0 Å². The van der Waals surface area contributed by atoms with Crippen molar-refractivity contribution in [2.24, 2.45) is 5.92 Å². The van der Waals surface area contributed by atoms with Crippen LogP contribution in [0, 0.1) is 17.6 Å². The highest BCUT2D eigenvalue weighted by Gasteiger charge is 2.30. The number of pyridine rings is 1. The van der Waals surface area contributed by atoms with E-state index in [2.05, 4.69) is 10.3 Å². The van der Waals surface area contributed by atoms with Gasteiger partial charge in [0.2, 0.25) is 0 Å². The second-order valence-corrected chi connectivity index (χ2v) is 6.05. The molecular formula is C17H17ClF2N2O2. The summed E-state index contributed by atoms with van der Waals surface area (Å²) in [5.41, 5.74) is 0.598. The van der Waals surface area contributed by atoms with Gasteiger partial charge in [0, 0.05) is 36.4 Å². The summed E-state index contributed by atoms with van der Waals surface area (Å²) in [4.78, 5) is 3.89. The first-order chi connectivity index (χ1) is 11.6. The highest BCUT2D eigenvalue weighted by molar-refractivity contribution is 6.30. The summed E-state index contributed by atoms with van der Waals surface area (Å²) in [6.07, 6.45) is 3.08. The molecule has 1 aromatic heterocycles. The minimum absolute atomic E-state index is 0.0503. The highest BCUT2D eigenvalue weighted by atomic mass is 35.5. The zero-order valence-electron chi connectivity index (χ0n) is 13.1. The van der Waals surface area contributed by atoms with E-state index in [-0.39, 0.29) is 16.7 Å². The smallest absolute Gasteiger partial charge is 0.165 e. The molecule has 1 aliphatic heterocycles. The van der Waals surface area contributed by atoms with Crippen molar-refractivity contribution in [1.29, 1.82) is 0 Å². The van der Waals surface area contributed by atoms with Crippen molar-refractivity contribution in [3.05, 3.63) is 52.8 Å². The van der Waals surface area contributed by atoms with Gasteiger partial charge in [-0.15, -0.1) is 0 Å². The molecule has 0 radical (unpaired) electrons. The third kappa shape index (κ3) is 3.60. The van der Waals surface area contributed by atoms with Crippen molar-refractivity contribution in [2.75, 3.05) is 20.2 Å². The van der Waals surface area contributed by atoms with E-state index in [0.29, 0.717) is 11.3 Å². The molecule has 2 atom stereocenters. The number of benzene rings is 1. The summed E-state index contributed by atoms with van der Waals surface area (Å²) in [7, 11) is 1.45. The van der Waals surface area contributed by atoms with Crippen LogP contribution in [0.1, 0.15) is 18.1 Å². The molecule has 1 aromatic carbocycles. The van der Waals surface area contributed by atoms with Gasteiger partial charge in [-0.25, -0.2) is 8.78 Å². The van der Waals surface area contributed by atoms with Crippen LogP contribution in [0.4, 0.5) is 8.78 Å². The first-order valence-electron chi connectivity index (χ1n) is 7.59. The molecule has 2 heterocycles. The zero-order valence-corrected chi connectivity index (χ0v) is 13.8. The molecule has 0 aliphatic carbocycles. The fourth-order valence-electron chi connectivity index (χ4n) is 2.85. The number of hydrogen-bond acceptors (Lipinski definition) is 4. The van der Waals surface area contributed by atoms with Gasteiger partial charge in [0.1, 0.15) is 17.7 Å². The van der Waals surface area contributed by atoms with Gasteiger partial charge < -0.3 is 14.8 Å². The van der Waals surface area contributed by atoms with E-state index in [0.717, 1.165) is 25.7 Å². The molecule has 1 fully saturated rings. The van der Waals surface area contributed by atoms with Crippen LogP contribution in [0.15, 0.2) is 30.6 Å². The van der Waals surface area contributed by atoms with Gasteiger partial charge in [-0.05, 0) is 19.0 Å². The lowest BCUT2D eigenvalue weighted by Crippen LogP contribution is -2.22. The van der Waals surface area contributed by atoms with E-state index >= 15 is 0 Å². The number of methoxy groups -OCH3 is 1. The molecule has 0 bridgehead atoms. The Morgan fingerprint density at radius 3 is 2.75 bits per heavy atom. The van der Waals surface area contributed by atoms with Crippen LogP contribution in [0.3, 0.4) is 0 Å². The molecule has 1 saturated heterocycles. The van der Waals surface area contributed by atoms with E-state index < -0.39 is 17.7 Å². The van der Waals surface area contributed by atoms with Crippen molar-refractivity contribution in [2.45, 2.75) is 12.5 Å². The predicted molar refractivity (Wildman–Crippen MR) is 86.5 cm³/mol. The lowest BCUT2D eigenvalue weighted by molar-refractivity contribution is 0.138. The summed E-state index contributed by atoms with van der Waals surface area (Å²) in [6, 6.07) is 3.93. The van der Waals surface area contributed by atoms with Crippen LogP contribution in [0.5, 0.6) is 11.5 Å². The number of ether oxygens (including phenoxy) is 2. The Kier molecular flexibility index (Phi) is 5.16. The van der Waals surface area contributed by atoms with Gasteiger partial charge in [0.15, 0.2) is 11.5 Å². The quantitative estimate of drug-likeness (QED) is 0.888. The average molecular weight is 355 g/mol. The van der Waals surface area contributed by atoms with E-state index in [4.69, 9.17) is 21.1 Å². The van der Waals surface area contributed by atoms with Gasteiger partial charge in [-0.1, -0.05) is 11.6 Å². The predicted octanol–water partition coefficient (Wildman–Crippen LogP) is 3.75. The Bertz CT molecular complexity index is 724. The maximum Gasteiger partial charge on any atom is 0.165 e. The van der Waals surface area contributed by atoms with Crippen LogP contribution in [-0.2, 0) is 0 Å². The number of aromatic nitrogens is 1. The number of nitrogens with one attached hydrogen (secondary N) is 1. The Balaban J connectivity index is 1.96. The minimum Gasteiger partial charge on any atom is -0.493 e. The minimum atomic E-state index is -0.604. The standard InChI is InChI=1S/C17H17ClF2N2O2/c1-23-15-5-13(18)14(20)6-16(15)24-17(10-2-3-21-7-10)11-4-12(19)9-22-8-11/h4-6,8-10,17,21H,2-3,7H2,1H3/t10?,17-/m0/s1. The lowest BCUT2D eigenvalue weighted by atomic mass is 9.95. The van der Waals surface area contributed by atoms with Gasteiger partial charge in [-0.3, -0.25) is 4.98 Å². The summed E-state index contributed by atoms with van der Waals surface area (Å²) < 4.78 is 38.7. The van der Waals surface area contributed by atoms with E-state index in [1.54, 1.807) is 6.20 Å². The highest BCUT2D eigenvalue weighted by Crippen LogP contribution is 2.38. The molecule has 1 aliphatic rings. The molecule has 1 N–H and O–H groups in total. The van der Waals surface area contributed by atoms with Crippen molar-refractivity contribution < 1.29 is 18.3 Å². The monoisotopic (exact) mass is 354 g/mol. The SMILES string of the molecule is COc1cc(Cl)c(F)cc1O[C@H](c1cncc(F)c1)C1CCNC1. The number of nitrogens with zero attached hydrogens (tertiary/aromatic N) is 1. The van der Waals surface area contributed by atoms with E-state index in [1.807, 2.05) is 0 Å². The molecule has 0 amide bonds. The van der Waals surface area contributed by atoms with Gasteiger partial charge in [0.05, 0.1) is 18.3 Å². The maximum absolute atomic E-state index is 13.8. The third-order valence-electron chi connectivity index (χ3n) is 4.04. The average Bonchev–Trinajstić information content (AvgIpc) is 3.09. The normalized spacial score (nSPS) is 18.4. The molecule has 3 rings (SSSR count). The second kappa shape index (κ2) is 7.32. The number of rotatable bonds is 5. The summed E-state index contributed by atoms with van der Waals surface area (Å²) >= 11 is 5.79. The van der Waals surface area contributed by atoms with Crippen LogP contribution in [-0.4, -0.2) is 25.2 Å². The molecule has 4 nitrogen and oxygen atoms in total. The molecular weight excluding hydrogens is 338 g/mol. The second-order valence-electron chi connectivity index (χ2n) is 5.64. The van der Waals surface area contributed by atoms with Crippen LogP contribution >= 0.6 is 11.6 Å². The Hall–Kier alpha value is -1.92. The van der Waals surface area contributed by atoms with Crippen molar-refractivity contribution in [3.8, 4) is 11.5 Å². The number of halogens is 3. The maximum atomic E-state index is 13.8. The molecule has 2 aromatic rings. The summed E-state index contributed by atoms with van der Waals surface area (Å²) in [5.74, 6) is -0.395. The van der Waals surface area contributed by atoms with Crippen molar-refractivity contribution in [1.82, 2.24) is 10.3 Å². The van der Waals surface area contributed by atoms with Crippen LogP contribution in [0.2, 0.25) is 5.02 Å². The topological polar surface area (TPSA) is 43.4 Å². The first-order valence-corrected chi connectivity index (χ1v) is 7.97. The lowest BCUT2D eigenvalue weighted by Gasteiger charge is -2.25. The summed E-state index contributed by atoms with van der Waals surface area (Å²) in [6.45, 7) is 1.57. The molecule has 128 valence electrons. The summed E-state index contributed by atoms with van der Waals surface area (Å²) in [5, 5.41) is 3.20. The first kappa shape index (κ1) is 16.9. The molecule has 1 unspecified atom stereocenters. The van der Waals surface area contributed by atoms with Crippen molar-refractivity contribution in [3.63, 3.8) is 0 Å². The number of hydrogen-bond donors (Lipinski definition) is 1. The van der Waals surface area contributed by atoms with E-state index in [9.17, 15) is 8.78 Å². The molecule has 24 heavy (non-hydrogen) atoms. The van der Waals surface area contributed by atoms with E-state index in [1.165, 1.54) is 25.3 Å². The Morgan fingerprint density at radius 1 is 1.25 bits per heavy atom. The molecule has 0 spiro atoms. The fourth-order valence-corrected chi connectivity index (χ4v) is 3.01. The van der Waals surface area contributed by atoms with Crippen LogP contribution < -0.4 is 14.8 Å². The molecule has 7 heteroatoms. The van der Waals surface area contributed by atoms with Crippen molar-refractivity contribution >= 4 is 11.6 Å². The third-order valence-corrected chi connectivity index (χ3v) is 4.33. The Morgan fingerprint density at radius 2 is 2.08 bits per heavy atom. The van der Waals surface area contributed by atoms with Gasteiger partial charge >= 0.3 is 0 Å². The fraction of sp³-hybridized carbons (Fsp3) is 0.353.